The van der Waals surface area contributed by atoms with Crippen LogP contribution in [-0.2, 0) is 0 Å². The summed E-state index contributed by atoms with van der Waals surface area (Å²) in [6.45, 7) is 11.4. The van der Waals surface area contributed by atoms with E-state index in [1.54, 1.807) is 0 Å². The van der Waals surface area contributed by atoms with Crippen molar-refractivity contribution in [3.63, 3.8) is 0 Å². The Morgan fingerprint density at radius 2 is 1.88 bits per heavy atom. The SMILES string of the molecule is CCNC(C(C)C)C(O)c1ccc(C)cc1C. The van der Waals surface area contributed by atoms with Crippen LogP contribution in [0.2, 0.25) is 0 Å². The number of aliphatic hydroxyl groups excluding tert-OH is 1. The highest BCUT2D eigenvalue weighted by atomic mass is 16.3. The molecule has 2 unspecified atom stereocenters. The molecule has 0 aromatic heterocycles. The largest absolute Gasteiger partial charge is 0.387 e. The molecular weight excluding hydrogens is 210 g/mol. The lowest BCUT2D eigenvalue weighted by Crippen LogP contribution is -2.39. The molecule has 96 valence electrons. The van der Waals surface area contributed by atoms with Crippen LogP contribution in [0, 0.1) is 19.8 Å². The van der Waals surface area contributed by atoms with Gasteiger partial charge in [0, 0.05) is 6.04 Å². The summed E-state index contributed by atoms with van der Waals surface area (Å²) in [5, 5.41) is 13.9. The molecule has 1 aromatic carbocycles. The van der Waals surface area contributed by atoms with Crippen LogP contribution >= 0.6 is 0 Å². The van der Waals surface area contributed by atoms with Crippen molar-refractivity contribution in [2.45, 2.75) is 46.8 Å². The first-order chi connectivity index (χ1) is 7.97. The van der Waals surface area contributed by atoms with Gasteiger partial charge in [-0.1, -0.05) is 44.5 Å². The summed E-state index contributed by atoms with van der Waals surface area (Å²) in [5.74, 6) is 0.408. The van der Waals surface area contributed by atoms with E-state index in [0.717, 1.165) is 12.1 Å². The minimum atomic E-state index is -0.435. The molecule has 0 aliphatic heterocycles. The van der Waals surface area contributed by atoms with Gasteiger partial charge in [0.1, 0.15) is 0 Å². The van der Waals surface area contributed by atoms with Crippen molar-refractivity contribution >= 4 is 0 Å². The highest BCUT2D eigenvalue weighted by Crippen LogP contribution is 2.25. The average molecular weight is 235 g/mol. The lowest BCUT2D eigenvalue weighted by molar-refractivity contribution is 0.106. The van der Waals surface area contributed by atoms with E-state index in [1.165, 1.54) is 11.1 Å². The molecule has 0 spiro atoms. The van der Waals surface area contributed by atoms with Crippen molar-refractivity contribution in [1.29, 1.82) is 0 Å². The van der Waals surface area contributed by atoms with Gasteiger partial charge in [-0.3, -0.25) is 0 Å². The fourth-order valence-corrected chi connectivity index (χ4v) is 2.30. The minimum absolute atomic E-state index is 0.112. The van der Waals surface area contributed by atoms with Crippen LogP contribution in [-0.4, -0.2) is 17.7 Å². The molecule has 1 aromatic rings. The molecule has 2 atom stereocenters. The van der Waals surface area contributed by atoms with Crippen LogP contribution in [0.1, 0.15) is 43.6 Å². The smallest absolute Gasteiger partial charge is 0.0948 e. The molecular formula is C15H25NO. The molecule has 2 heteroatoms. The fourth-order valence-electron chi connectivity index (χ4n) is 2.30. The molecule has 0 fully saturated rings. The van der Waals surface area contributed by atoms with Crippen molar-refractivity contribution in [2.75, 3.05) is 6.54 Å². The van der Waals surface area contributed by atoms with Gasteiger partial charge in [-0.25, -0.2) is 0 Å². The molecule has 0 aliphatic rings. The lowest BCUT2D eigenvalue weighted by Gasteiger charge is -2.28. The molecule has 0 amide bonds. The van der Waals surface area contributed by atoms with Crippen LogP contribution in [0.25, 0.3) is 0 Å². The molecule has 0 bridgehead atoms. The van der Waals surface area contributed by atoms with Crippen LogP contribution < -0.4 is 5.32 Å². The highest BCUT2D eigenvalue weighted by Gasteiger charge is 2.24. The molecule has 2 nitrogen and oxygen atoms in total. The summed E-state index contributed by atoms with van der Waals surface area (Å²) in [6.07, 6.45) is -0.435. The number of hydrogen-bond donors (Lipinski definition) is 2. The van der Waals surface area contributed by atoms with Gasteiger partial charge in [-0.2, -0.15) is 0 Å². The van der Waals surface area contributed by atoms with Crippen molar-refractivity contribution in [3.8, 4) is 0 Å². The maximum Gasteiger partial charge on any atom is 0.0948 e. The van der Waals surface area contributed by atoms with Gasteiger partial charge in [0.05, 0.1) is 6.10 Å². The van der Waals surface area contributed by atoms with Gasteiger partial charge in [0.2, 0.25) is 0 Å². The van der Waals surface area contributed by atoms with Crippen molar-refractivity contribution in [2.24, 2.45) is 5.92 Å². The van der Waals surface area contributed by atoms with Crippen LogP contribution in [0.5, 0.6) is 0 Å². The zero-order valence-electron chi connectivity index (χ0n) is 11.6. The predicted octanol–water partition coefficient (Wildman–Crippen LogP) is 2.97. The van der Waals surface area contributed by atoms with Crippen LogP contribution in [0.4, 0.5) is 0 Å². The Balaban J connectivity index is 2.96. The molecule has 1 rings (SSSR count). The molecule has 0 saturated heterocycles. The lowest BCUT2D eigenvalue weighted by atomic mass is 9.90. The number of aliphatic hydroxyl groups is 1. The van der Waals surface area contributed by atoms with E-state index in [0.29, 0.717) is 5.92 Å². The third kappa shape index (κ3) is 3.55. The zero-order valence-corrected chi connectivity index (χ0v) is 11.6. The second-order valence-electron chi connectivity index (χ2n) is 5.13. The molecule has 0 aliphatic carbocycles. The number of nitrogens with one attached hydrogen (secondary N) is 1. The number of hydrogen-bond acceptors (Lipinski definition) is 2. The van der Waals surface area contributed by atoms with E-state index < -0.39 is 6.10 Å². The van der Waals surface area contributed by atoms with E-state index in [4.69, 9.17) is 0 Å². The van der Waals surface area contributed by atoms with Crippen LogP contribution in [0.3, 0.4) is 0 Å². The van der Waals surface area contributed by atoms with Gasteiger partial charge in [-0.15, -0.1) is 0 Å². The van der Waals surface area contributed by atoms with Crippen molar-refractivity contribution < 1.29 is 5.11 Å². The summed E-state index contributed by atoms with van der Waals surface area (Å²) >= 11 is 0. The quantitative estimate of drug-likeness (QED) is 0.822. The fraction of sp³-hybridized carbons (Fsp3) is 0.600. The standard InChI is InChI=1S/C15H25NO/c1-6-16-14(10(2)3)15(17)13-8-7-11(4)9-12(13)5/h7-10,14-17H,6H2,1-5H3. The maximum absolute atomic E-state index is 10.5. The highest BCUT2D eigenvalue weighted by molar-refractivity contribution is 5.32. The first-order valence-corrected chi connectivity index (χ1v) is 6.46. The summed E-state index contributed by atoms with van der Waals surface area (Å²) < 4.78 is 0. The van der Waals surface area contributed by atoms with Gasteiger partial charge >= 0.3 is 0 Å². The Hall–Kier alpha value is -0.860. The third-order valence-corrected chi connectivity index (χ3v) is 3.24. The third-order valence-electron chi connectivity index (χ3n) is 3.24. The summed E-state index contributed by atoms with van der Waals surface area (Å²) in [5.41, 5.74) is 3.44. The summed E-state index contributed by atoms with van der Waals surface area (Å²) in [7, 11) is 0. The van der Waals surface area contributed by atoms with E-state index in [9.17, 15) is 5.11 Å². The monoisotopic (exact) mass is 235 g/mol. The second kappa shape index (κ2) is 6.18. The summed E-state index contributed by atoms with van der Waals surface area (Å²) in [6, 6.07) is 6.35. The normalized spacial score (nSPS) is 15.0. The number of rotatable bonds is 5. The zero-order chi connectivity index (χ0) is 13.0. The Morgan fingerprint density at radius 1 is 1.24 bits per heavy atom. The van der Waals surface area contributed by atoms with E-state index in [1.807, 2.05) is 6.07 Å². The van der Waals surface area contributed by atoms with Gasteiger partial charge in [0.15, 0.2) is 0 Å². The average Bonchev–Trinajstić information content (AvgIpc) is 2.24. The first kappa shape index (κ1) is 14.2. The van der Waals surface area contributed by atoms with Crippen LogP contribution in [0.15, 0.2) is 18.2 Å². The molecule has 0 radical (unpaired) electrons. The second-order valence-corrected chi connectivity index (χ2v) is 5.13. The number of benzene rings is 1. The number of likely N-dealkylation sites (N-methyl/N-ethyl adjacent to an activating group) is 1. The number of aryl methyl sites for hydroxylation is 2. The van der Waals surface area contributed by atoms with Crippen molar-refractivity contribution in [1.82, 2.24) is 5.32 Å². The van der Waals surface area contributed by atoms with Crippen molar-refractivity contribution in [3.05, 3.63) is 34.9 Å². The Labute approximate surface area is 105 Å². The molecule has 0 heterocycles. The predicted molar refractivity (Wildman–Crippen MR) is 73.2 cm³/mol. The van der Waals surface area contributed by atoms with E-state index in [-0.39, 0.29) is 6.04 Å². The van der Waals surface area contributed by atoms with E-state index >= 15 is 0 Å². The Kier molecular flexibility index (Phi) is 5.16. The minimum Gasteiger partial charge on any atom is -0.387 e. The van der Waals surface area contributed by atoms with Gasteiger partial charge in [0.25, 0.3) is 0 Å². The first-order valence-electron chi connectivity index (χ1n) is 6.46. The molecule has 2 N–H and O–H groups in total. The molecule has 17 heavy (non-hydrogen) atoms. The Bertz CT molecular complexity index is 360. The van der Waals surface area contributed by atoms with Gasteiger partial charge in [-0.05, 0) is 37.4 Å². The molecule has 0 saturated carbocycles. The van der Waals surface area contributed by atoms with E-state index in [2.05, 4.69) is 52.1 Å². The maximum atomic E-state index is 10.5. The topological polar surface area (TPSA) is 32.3 Å². The van der Waals surface area contributed by atoms with Gasteiger partial charge < -0.3 is 10.4 Å². The summed E-state index contributed by atoms with van der Waals surface area (Å²) in [4.78, 5) is 0. The Morgan fingerprint density at radius 3 is 2.35 bits per heavy atom.